The van der Waals surface area contributed by atoms with Gasteiger partial charge in [0, 0.05) is 25.9 Å². The molecule has 1 aliphatic carbocycles. The molecule has 5 atom stereocenters. The van der Waals surface area contributed by atoms with Gasteiger partial charge in [0.2, 0.25) is 5.78 Å². The molecule has 8 heteroatoms. The number of carbonyl (C=O) groups is 2. The maximum Gasteiger partial charge on any atom is 0.309 e. The molecule has 1 saturated carbocycles. The van der Waals surface area contributed by atoms with Crippen LogP contribution in [0.15, 0.2) is 12.2 Å². The molecular formula is C26H42F2O6. The summed E-state index contributed by atoms with van der Waals surface area (Å²) in [5, 5.41) is 10.8. The Bertz CT molecular complexity index is 647. The zero-order valence-electron chi connectivity index (χ0n) is 20.7. The molecule has 1 N–H and O–H groups in total. The quantitative estimate of drug-likeness (QED) is 0.190. The third kappa shape index (κ3) is 9.34. The third-order valence-electron chi connectivity index (χ3n) is 6.96. The molecule has 34 heavy (non-hydrogen) atoms. The van der Waals surface area contributed by atoms with Crippen molar-refractivity contribution in [3.8, 4) is 0 Å². The van der Waals surface area contributed by atoms with Gasteiger partial charge in [0.05, 0.1) is 19.3 Å². The zero-order chi connectivity index (χ0) is 25.0. The number of esters is 1. The number of aliphatic hydroxyl groups is 1. The predicted octanol–water partition coefficient (Wildman–Crippen LogP) is 5.36. The van der Waals surface area contributed by atoms with Crippen molar-refractivity contribution < 1.29 is 37.7 Å². The fourth-order valence-electron chi connectivity index (χ4n) is 5.05. The van der Waals surface area contributed by atoms with Crippen molar-refractivity contribution in [2.24, 2.45) is 11.8 Å². The van der Waals surface area contributed by atoms with Crippen LogP contribution in [0.1, 0.15) is 90.4 Å². The van der Waals surface area contributed by atoms with Crippen molar-refractivity contribution >= 4 is 11.8 Å². The Balaban J connectivity index is 1.95. The van der Waals surface area contributed by atoms with Crippen LogP contribution in [-0.2, 0) is 23.8 Å². The van der Waals surface area contributed by atoms with Crippen LogP contribution < -0.4 is 0 Å². The monoisotopic (exact) mass is 488 g/mol. The van der Waals surface area contributed by atoms with Gasteiger partial charge in [0.25, 0.3) is 0 Å². The molecule has 0 aromatic carbocycles. The molecular weight excluding hydrogens is 446 g/mol. The van der Waals surface area contributed by atoms with E-state index in [-0.39, 0.29) is 36.6 Å². The predicted molar refractivity (Wildman–Crippen MR) is 124 cm³/mol. The Morgan fingerprint density at radius 2 is 1.91 bits per heavy atom. The number of hydrogen-bond donors (Lipinski definition) is 1. The Labute approximate surface area is 202 Å². The fourth-order valence-corrected chi connectivity index (χ4v) is 5.05. The number of aliphatic hydroxyl groups excluding tert-OH is 1. The van der Waals surface area contributed by atoms with E-state index in [1.165, 1.54) is 13.2 Å². The minimum atomic E-state index is -3.34. The molecule has 2 rings (SSSR count). The van der Waals surface area contributed by atoms with E-state index in [1.807, 2.05) is 0 Å². The van der Waals surface area contributed by atoms with Gasteiger partial charge in [0.1, 0.15) is 0 Å². The van der Waals surface area contributed by atoms with Crippen LogP contribution in [0, 0.1) is 11.8 Å². The maximum absolute atomic E-state index is 13.9. The van der Waals surface area contributed by atoms with Crippen molar-refractivity contribution in [3.05, 3.63) is 12.2 Å². The molecule has 1 saturated heterocycles. The molecule has 2 fully saturated rings. The van der Waals surface area contributed by atoms with Crippen LogP contribution in [0.4, 0.5) is 8.78 Å². The first-order valence-electron chi connectivity index (χ1n) is 12.9. The van der Waals surface area contributed by atoms with E-state index in [1.54, 1.807) is 6.92 Å². The lowest BCUT2D eigenvalue weighted by Gasteiger charge is -2.30. The number of allylic oxidation sites excluding steroid dienone is 2. The van der Waals surface area contributed by atoms with Crippen LogP contribution in [0.2, 0.25) is 0 Å². The minimum absolute atomic E-state index is 0.0369. The molecule has 0 spiro atoms. The van der Waals surface area contributed by atoms with E-state index in [4.69, 9.17) is 9.47 Å². The van der Waals surface area contributed by atoms with Gasteiger partial charge in [-0.25, -0.2) is 0 Å². The molecule has 1 unspecified atom stereocenters. The largest absolute Gasteiger partial charge is 0.469 e. The number of ether oxygens (including phenoxy) is 3. The Morgan fingerprint density at radius 1 is 1.15 bits per heavy atom. The van der Waals surface area contributed by atoms with Gasteiger partial charge in [-0.15, -0.1) is 0 Å². The number of hydrogen-bond acceptors (Lipinski definition) is 6. The highest BCUT2D eigenvalue weighted by atomic mass is 19.3. The van der Waals surface area contributed by atoms with Crippen LogP contribution in [0.3, 0.4) is 0 Å². The smallest absolute Gasteiger partial charge is 0.309 e. The van der Waals surface area contributed by atoms with Crippen molar-refractivity contribution in [3.63, 3.8) is 0 Å². The van der Waals surface area contributed by atoms with Crippen LogP contribution in [0.5, 0.6) is 0 Å². The van der Waals surface area contributed by atoms with E-state index in [0.29, 0.717) is 25.9 Å². The number of alkyl halides is 2. The number of unbranched alkanes of at least 4 members (excludes halogenated alkanes) is 3. The summed E-state index contributed by atoms with van der Waals surface area (Å²) in [6.07, 6.45) is 9.62. The topological polar surface area (TPSA) is 82.1 Å². The molecule has 6 nitrogen and oxygen atoms in total. The van der Waals surface area contributed by atoms with Gasteiger partial charge < -0.3 is 19.3 Å². The number of carbonyl (C=O) groups excluding carboxylic acids is 2. The second kappa shape index (κ2) is 14.9. The fraction of sp³-hybridized carbons (Fsp3) is 0.846. The summed E-state index contributed by atoms with van der Waals surface area (Å²) < 4.78 is 44.3. The summed E-state index contributed by atoms with van der Waals surface area (Å²) in [5.41, 5.74) is 0. The summed E-state index contributed by atoms with van der Waals surface area (Å²) in [6.45, 7) is 2.28. The molecule has 0 aromatic rings. The van der Waals surface area contributed by atoms with Crippen molar-refractivity contribution in [2.75, 3.05) is 13.7 Å². The SMILES string of the molecule is CCCC(F)(F)C(=O)C=CC[C@@H]1[C@@H](CCCCCCC(=O)OC)[C@@H](O)C[C@H]1OC1CCCCO1. The second-order valence-electron chi connectivity index (χ2n) is 9.59. The van der Waals surface area contributed by atoms with Crippen molar-refractivity contribution in [2.45, 2.75) is 115 Å². The van der Waals surface area contributed by atoms with E-state index >= 15 is 0 Å². The lowest BCUT2D eigenvalue weighted by Crippen LogP contribution is -2.31. The number of ketones is 1. The Morgan fingerprint density at radius 3 is 2.59 bits per heavy atom. The van der Waals surface area contributed by atoms with Gasteiger partial charge in [-0.05, 0) is 62.9 Å². The number of methoxy groups -OCH3 is 1. The summed E-state index contributed by atoms with van der Waals surface area (Å²) in [5.74, 6) is -4.81. The Hall–Kier alpha value is -1.38. The highest BCUT2D eigenvalue weighted by molar-refractivity contribution is 5.95. The average molecular weight is 489 g/mol. The molecule has 0 amide bonds. The van der Waals surface area contributed by atoms with Crippen LogP contribution >= 0.6 is 0 Å². The van der Waals surface area contributed by atoms with E-state index in [9.17, 15) is 23.5 Å². The first-order valence-corrected chi connectivity index (χ1v) is 12.9. The lowest BCUT2D eigenvalue weighted by molar-refractivity contribution is -0.196. The molecule has 0 aromatic heterocycles. The highest BCUT2D eigenvalue weighted by Gasteiger charge is 2.43. The minimum Gasteiger partial charge on any atom is -0.469 e. The molecule has 196 valence electrons. The highest BCUT2D eigenvalue weighted by Crippen LogP contribution is 2.41. The van der Waals surface area contributed by atoms with Crippen molar-refractivity contribution in [1.82, 2.24) is 0 Å². The molecule has 0 bridgehead atoms. The zero-order valence-corrected chi connectivity index (χ0v) is 20.7. The van der Waals surface area contributed by atoms with E-state index in [2.05, 4.69) is 4.74 Å². The first kappa shape index (κ1) is 28.9. The molecule has 1 heterocycles. The van der Waals surface area contributed by atoms with Crippen molar-refractivity contribution in [1.29, 1.82) is 0 Å². The third-order valence-corrected chi connectivity index (χ3v) is 6.96. The molecule has 2 aliphatic rings. The lowest BCUT2D eigenvalue weighted by atomic mass is 9.86. The maximum atomic E-state index is 13.9. The van der Waals surface area contributed by atoms with Crippen LogP contribution in [-0.4, -0.2) is 55.0 Å². The van der Waals surface area contributed by atoms with E-state index < -0.39 is 24.2 Å². The summed E-state index contributed by atoms with van der Waals surface area (Å²) in [7, 11) is 1.38. The van der Waals surface area contributed by atoms with Gasteiger partial charge in [-0.2, -0.15) is 8.78 Å². The normalized spacial score (nSPS) is 27.9. The van der Waals surface area contributed by atoms with Gasteiger partial charge in [0.15, 0.2) is 6.29 Å². The Kier molecular flexibility index (Phi) is 12.6. The first-order chi connectivity index (χ1) is 16.3. The van der Waals surface area contributed by atoms with Gasteiger partial charge in [-0.1, -0.05) is 32.3 Å². The summed E-state index contributed by atoms with van der Waals surface area (Å²) >= 11 is 0. The molecule has 1 aliphatic heterocycles. The summed E-state index contributed by atoms with van der Waals surface area (Å²) in [6, 6.07) is 0. The summed E-state index contributed by atoms with van der Waals surface area (Å²) in [4.78, 5) is 23.2. The number of rotatable bonds is 15. The second-order valence-corrected chi connectivity index (χ2v) is 9.59. The molecule has 0 radical (unpaired) electrons. The standard InChI is InChI=1S/C26H42F2O6/c1-3-16-26(27,28)23(30)13-10-12-20-19(11-6-4-5-7-14-24(31)32-2)21(29)18-22(20)34-25-15-8-9-17-33-25/h10,13,19-22,25,29H,3-9,11-12,14-18H2,1-2H3/t19-,20-,21+,22-,25?/m1/s1. The number of halogens is 2. The van der Waals surface area contributed by atoms with E-state index in [0.717, 1.165) is 57.4 Å². The van der Waals surface area contributed by atoms with Gasteiger partial charge in [-0.3, -0.25) is 9.59 Å². The van der Waals surface area contributed by atoms with Crippen LogP contribution in [0.25, 0.3) is 0 Å². The van der Waals surface area contributed by atoms with Gasteiger partial charge >= 0.3 is 11.9 Å². The average Bonchev–Trinajstić information content (AvgIpc) is 3.10.